The zero-order valence-electron chi connectivity index (χ0n) is 15.9. The molecular formula is C24H19NO4. The zero-order valence-corrected chi connectivity index (χ0v) is 15.9. The lowest BCUT2D eigenvalue weighted by molar-refractivity contribution is -0.135. The molecule has 2 amide bonds. The van der Waals surface area contributed by atoms with Crippen LogP contribution in [0, 0.1) is 6.92 Å². The molecule has 0 aromatic heterocycles. The van der Waals surface area contributed by atoms with Crippen LogP contribution >= 0.6 is 0 Å². The maximum Gasteiger partial charge on any atom is 0.275 e. The van der Waals surface area contributed by atoms with Crippen molar-refractivity contribution in [3.05, 3.63) is 101 Å². The summed E-state index contributed by atoms with van der Waals surface area (Å²) < 4.78 is 5.94. The second-order valence-corrected chi connectivity index (χ2v) is 6.92. The number of amides is 2. The standard InChI is InChI=1S/C24H19NO4/c1-16-11-13-17(14-12-16)20(26)15-25-23(27)19-9-5-6-10-21(19)29-22(24(25)28)18-7-3-2-4-8-18/h2-14,22H,15H2,1H3/t22-/m0/s1. The Morgan fingerprint density at radius 3 is 2.28 bits per heavy atom. The topological polar surface area (TPSA) is 63.7 Å². The number of ether oxygens (including phenoxy) is 1. The van der Waals surface area contributed by atoms with E-state index in [1.807, 2.05) is 25.1 Å². The van der Waals surface area contributed by atoms with Gasteiger partial charge in [0, 0.05) is 11.1 Å². The molecule has 0 radical (unpaired) electrons. The maximum atomic E-state index is 13.3. The number of aryl methyl sites for hydroxylation is 1. The molecule has 4 rings (SSSR count). The molecule has 0 fully saturated rings. The molecule has 1 atom stereocenters. The quantitative estimate of drug-likeness (QED) is 0.503. The van der Waals surface area contributed by atoms with E-state index in [0.717, 1.165) is 10.5 Å². The fourth-order valence-electron chi connectivity index (χ4n) is 3.27. The van der Waals surface area contributed by atoms with E-state index in [1.54, 1.807) is 60.7 Å². The van der Waals surface area contributed by atoms with E-state index in [1.165, 1.54) is 0 Å². The van der Waals surface area contributed by atoms with E-state index in [9.17, 15) is 14.4 Å². The van der Waals surface area contributed by atoms with Crippen LogP contribution in [0.15, 0.2) is 78.9 Å². The van der Waals surface area contributed by atoms with E-state index in [2.05, 4.69) is 0 Å². The van der Waals surface area contributed by atoms with Crippen molar-refractivity contribution in [3.63, 3.8) is 0 Å². The smallest absolute Gasteiger partial charge is 0.275 e. The predicted molar refractivity (Wildman–Crippen MR) is 108 cm³/mol. The Morgan fingerprint density at radius 1 is 0.897 bits per heavy atom. The summed E-state index contributed by atoms with van der Waals surface area (Å²) in [6.45, 7) is 1.58. The number of carbonyl (C=O) groups is 3. The van der Waals surface area contributed by atoms with Gasteiger partial charge in [-0.25, -0.2) is 0 Å². The van der Waals surface area contributed by atoms with Crippen LogP contribution in [-0.2, 0) is 4.79 Å². The summed E-state index contributed by atoms with van der Waals surface area (Å²) >= 11 is 0. The Balaban J connectivity index is 1.72. The number of para-hydroxylation sites is 1. The summed E-state index contributed by atoms with van der Waals surface area (Å²) in [6, 6.07) is 22.7. The lowest BCUT2D eigenvalue weighted by atomic mass is 10.1. The van der Waals surface area contributed by atoms with Gasteiger partial charge in [0.2, 0.25) is 6.10 Å². The third-order valence-electron chi connectivity index (χ3n) is 4.88. The summed E-state index contributed by atoms with van der Waals surface area (Å²) in [6.07, 6.45) is -1.00. The van der Waals surface area contributed by atoms with Crippen molar-refractivity contribution in [2.24, 2.45) is 0 Å². The molecule has 3 aromatic carbocycles. The summed E-state index contributed by atoms with van der Waals surface area (Å²) in [5.74, 6) is -1.08. The first-order valence-electron chi connectivity index (χ1n) is 9.31. The summed E-state index contributed by atoms with van der Waals surface area (Å²) in [5, 5.41) is 0. The Hall–Kier alpha value is -3.73. The number of Topliss-reactive ketones (excluding diaryl/α,β-unsaturated/α-hetero) is 1. The molecule has 1 heterocycles. The van der Waals surface area contributed by atoms with Gasteiger partial charge < -0.3 is 4.74 Å². The van der Waals surface area contributed by atoms with Crippen molar-refractivity contribution in [3.8, 4) is 5.75 Å². The van der Waals surface area contributed by atoms with E-state index >= 15 is 0 Å². The zero-order chi connectivity index (χ0) is 20.4. The Kier molecular flexibility index (Phi) is 4.96. The summed E-state index contributed by atoms with van der Waals surface area (Å²) in [5.41, 5.74) is 2.35. The number of rotatable bonds is 4. The normalized spacial score (nSPS) is 16.0. The average molecular weight is 385 g/mol. The van der Waals surface area contributed by atoms with E-state index in [4.69, 9.17) is 4.74 Å². The van der Waals surface area contributed by atoms with Crippen molar-refractivity contribution in [2.45, 2.75) is 13.0 Å². The highest BCUT2D eigenvalue weighted by molar-refractivity contribution is 6.12. The minimum Gasteiger partial charge on any atom is -0.475 e. The molecule has 0 spiro atoms. The van der Waals surface area contributed by atoms with Crippen molar-refractivity contribution >= 4 is 17.6 Å². The van der Waals surface area contributed by atoms with Crippen LogP contribution in [0.3, 0.4) is 0 Å². The molecule has 0 bridgehead atoms. The number of hydrogen-bond acceptors (Lipinski definition) is 4. The van der Waals surface area contributed by atoms with Gasteiger partial charge in [-0.2, -0.15) is 0 Å². The van der Waals surface area contributed by atoms with Gasteiger partial charge in [0.15, 0.2) is 5.78 Å². The summed E-state index contributed by atoms with van der Waals surface area (Å²) in [7, 11) is 0. The summed E-state index contributed by atoms with van der Waals surface area (Å²) in [4.78, 5) is 40.2. The van der Waals surface area contributed by atoms with Crippen molar-refractivity contribution < 1.29 is 19.1 Å². The first kappa shape index (κ1) is 18.6. The van der Waals surface area contributed by atoms with Crippen LogP contribution < -0.4 is 4.74 Å². The Labute approximate surface area is 168 Å². The van der Waals surface area contributed by atoms with Gasteiger partial charge in [0.1, 0.15) is 5.75 Å². The lowest BCUT2D eigenvalue weighted by Crippen LogP contribution is -2.42. The highest BCUT2D eigenvalue weighted by Crippen LogP contribution is 2.32. The van der Waals surface area contributed by atoms with Crippen LogP contribution in [0.4, 0.5) is 0 Å². The average Bonchev–Trinajstić information content (AvgIpc) is 2.85. The van der Waals surface area contributed by atoms with Crippen LogP contribution in [0.25, 0.3) is 0 Å². The molecule has 1 aliphatic heterocycles. The Bertz CT molecular complexity index is 1070. The molecule has 0 aliphatic carbocycles. The minimum atomic E-state index is -1.00. The molecule has 3 aromatic rings. The van der Waals surface area contributed by atoms with Crippen LogP contribution in [-0.4, -0.2) is 29.0 Å². The Morgan fingerprint density at radius 2 is 1.55 bits per heavy atom. The fourth-order valence-corrected chi connectivity index (χ4v) is 3.27. The molecule has 0 N–H and O–H groups in total. The second kappa shape index (κ2) is 7.72. The van der Waals surface area contributed by atoms with Gasteiger partial charge in [0.05, 0.1) is 12.1 Å². The second-order valence-electron chi connectivity index (χ2n) is 6.92. The predicted octanol–water partition coefficient (Wildman–Crippen LogP) is 3.98. The van der Waals surface area contributed by atoms with E-state index in [-0.39, 0.29) is 17.9 Å². The molecule has 0 unspecified atom stereocenters. The molecular weight excluding hydrogens is 366 g/mol. The van der Waals surface area contributed by atoms with Crippen LogP contribution in [0.5, 0.6) is 5.75 Å². The van der Waals surface area contributed by atoms with Gasteiger partial charge in [-0.3, -0.25) is 19.3 Å². The maximum absolute atomic E-state index is 13.3. The molecule has 5 heteroatoms. The highest BCUT2D eigenvalue weighted by atomic mass is 16.5. The van der Waals surface area contributed by atoms with Gasteiger partial charge in [-0.05, 0) is 19.1 Å². The third-order valence-corrected chi connectivity index (χ3v) is 4.88. The van der Waals surface area contributed by atoms with Gasteiger partial charge in [-0.1, -0.05) is 72.3 Å². The largest absolute Gasteiger partial charge is 0.475 e. The number of ketones is 1. The molecule has 0 saturated heterocycles. The van der Waals surface area contributed by atoms with Crippen molar-refractivity contribution in [1.29, 1.82) is 0 Å². The van der Waals surface area contributed by atoms with Crippen molar-refractivity contribution in [2.75, 3.05) is 6.54 Å². The van der Waals surface area contributed by atoms with Crippen LogP contribution in [0.2, 0.25) is 0 Å². The van der Waals surface area contributed by atoms with E-state index in [0.29, 0.717) is 16.9 Å². The van der Waals surface area contributed by atoms with Crippen LogP contribution in [0.1, 0.15) is 37.9 Å². The lowest BCUT2D eigenvalue weighted by Gasteiger charge is -2.22. The first-order valence-corrected chi connectivity index (χ1v) is 9.31. The third kappa shape index (κ3) is 3.67. The molecule has 144 valence electrons. The van der Waals surface area contributed by atoms with Gasteiger partial charge in [0.25, 0.3) is 11.8 Å². The number of benzene rings is 3. The van der Waals surface area contributed by atoms with E-state index < -0.39 is 17.9 Å². The number of fused-ring (bicyclic) bond motifs is 1. The number of nitrogens with zero attached hydrogens (tertiary/aromatic N) is 1. The van der Waals surface area contributed by atoms with Gasteiger partial charge >= 0.3 is 0 Å². The fraction of sp³-hybridized carbons (Fsp3) is 0.125. The minimum absolute atomic E-state index is 0.260. The van der Waals surface area contributed by atoms with Crippen molar-refractivity contribution in [1.82, 2.24) is 4.90 Å². The molecule has 1 aliphatic rings. The number of hydrogen-bond donors (Lipinski definition) is 0. The molecule has 29 heavy (non-hydrogen) atoms. The first-order chi connectivity index (χ1) is 14.0. The number of imide groups is 1. The molecule has 0 saturated carbocycles. The monoisotopic (exact) mass is 385 g/mol. The SMILES string of the molecule is Cc1ccc(C(=O)CN2C(=O)c3ccccc3O[C@@H](c3ccccc3)C2=O)cc1. The highest BCUT2D eigenvalue weighted by Gasteiger charge is 2.38. The van der Waals surface area contributed by atoms with Gasteiger partial charge in [-0.15, -0.1) is 0 Å². The molecule has 5 nitrogen and oxygen atoms in total. The number of carbonyl (C=O) groups excluding carboxylic acids is 3.